The fourth-order valence-electron chi connectivity index (χ4n) is 4.50. The summed E-state index contributed by atoms with van der Waals surface area (Å²) < 4.78 is 33.5. The van der Waals surface area contributed by atoms with Crippen LogP contribution in [0.25, 0.3) is 0 Å². The van der Waals surface area contributed by atoms with Gasteiger partial charge in [-0.1, -0.05) is 47.1 Å². The highest BCUT2D eigenvalue weighted by Crippen LogP contribution is 2.34. The molecule has 0 bridgehead atoms. The van der Waals surface area contributed by atoms with Crippen molar-refractivity contribution in [1.82, 2.24) is 10.6 Å². The summed E-state index contributed by atoms with van der Waals surface area (Å²) in [6, 6.07) is 18.9. The third-order valence-electron chi connectivity index (χ3n) is 6.69. The lowest BCUT2D eigenvalue weighted by Gasteiger charge is -2.24. The molecule has 11 heteroatoms. The second-order valence-electron chi connectivity index (χ2n) is 9.42. The van der Waals surface area contributed by atoms with Gasteiger partial charge in [0.05, 0.1) is 17.7 Å². The monoisotopic (exact) mass is 607 g/mol. The van der Waals surface area contributed by atoms with Crippen LogP contribution >= 0.6 is 24.0 Å². The maximum absolute atomic E-state index is 13.7. The molecule has 1 fully saturated rings. The van der Waals surface area contributed by atoms with Gasteiger partial charge in [0.1, 0.15) is 0 Å². The van der Waals surface area contributed by atoms with Crippen LogP contribution in [0.4, 0.5) is 5.69 Å². The Morgan fingerprint density at radius 1 is 1.00 bits per heavy atom. The Morgan fingerprint density at radius 2 is 1.70 bits per heavy atom. The van der Waals surface area contributed by atoms with E-state index in [-0.39, 0.29) is 34.7 Å². The van der Waals surface area contributed by atoms with Gasteiger partial charge in [-0.15, -0.1) is 12.4 Å². The molecule has 4 rings (SSSR count). The van der Waals surface area contributed by atoms with Crippen LogP contribution in [0.1, 0.15) is 42.5 Å². The number of carbonyl (C=O) groups excluding carboxylic acids is 1. The van der Waals surface area contributed by atoms with Crippen LogP contribution in [0, 0.1) is 5.92 Å². The molecule has 0 spiro atoms. The fourth-order valence-corrected chi connectivity index (χ4v) is 5.91. The molecule has 0 aromatic heterocycles. The number of amides is 1. The zero-order chi connectivity index (χ0) is 27.7. The summed E-state index contributed by atoms with van der Waals surface area (Å²) in [5.41, 5.74) is 0.680. The van der Waals surface area contributed by atoms with E-state index in [1.807, 2.05) is 0 Å². The highest BCUT2D eigenvalue weighted by Gasteiger charge is 2.29. The molecule has 0 aliphatic carbocycles. The van der Waals surface area contributed by atoms with Gasteiger partial charge in [-0.25, -0.2) is 0 Å². The maximum Gasteiger partial charge on any atom is 0.295 e. The van der Waals surface area contributed by atoms with Gasteiger partial charge in [0, 0.05) is 23.2 Å². The number of unbranched alkanes of at least 4 members (excludes halogenated alkanes) is 1. The number of hydrogen-bond acceptors (Lipinski definition) is 6. The second-order valence-corrected chi connectivity index (χ2v) is 11.6. The number of ether oxygens (including phenoxy) is 1. The first kappa shape index (κ1) is 31.5. The van der Waals surface area contributed by atoms with E-state index in [1.54, 1.807) is 36.4 Å². The molecule has 0 radical (unpaired) electrons. The van der Waals surface area contributed by atoms with Gasteiger partial charge in [-0.2, -0.15) is 8.42 Å². The Labute approximate surface area is 247 Å². The molecule has 40 heavy (non-hydrogen) atoms. The molecule has 1 saturated heterocycles. The molecule has 2 N–H and O–H groups in total. The molecule has 8 nitrogen and oxygen atoms in total. The first-order valence-corrected chi connectivity index (χ1v) is 14.9. The predicted octanol–water partition coefficient (Wildman–Crippen LogP) is 5.86. The summed E-state index contributed by atoms with van der Waals surface area (Å²) in [5, 5.41) is 6.73. The molecule has 1 aliphatic heterocycles. The number of halogens is 2. The number of anilines is 1. The van der Waals surface area contributed by atoms with Gasteiger partial charge in [0.2, 0.25) is 0 Å². The lowest BCUT2D eigenvalue weighted by atomic mass is 9.92. The van der Waals surface area contributed by atoms with Crippen LogP contribution < -0.4 is 24.7 Å². The number of nitrogens with zero attached hydrogens (tertiary/aromatic N) is 1. The zero-order valence-corrected chi connectivity index (χ0v) is 24.7. The number of para-hydroxylation sites is 1. The van der Waals surface area contributed by atoms with Crippen molar-refractivity contribution in [3.63, 3.8) is 0 Å². The number of benzene rings is 3. The lowest BCUT2D eigenvalue weighted by molar-refractivity contribution is 0.0952. The van der Waals surface area contributed by atoms with Crippen molar-refractivity contribution >= 4 is 45.6 Å². The molecule has 216 valence electrons. The van der Waals surface area contributed by atoms with E-state index in [0.29, 0.717) is 22.8 Å². The summed E-state index contributed by atoms with van der Waals surface area (Å²) in [7, 11) is -2.74. The van der Waals surface area contributed by atoms with Gasteiger partial charge < -0.3 is 20.2 Å². The highest BCUT2D eigenvalue weighted by atomic mass is 35.5. The van der Waals surface area contributed by atoms with Gasteiger partial charge in [-0.3, -0.25) is 4.79 Å². The van der Waals surface area contributed by atoms with Crippen LogP contribution in [0.3, 0.4) is 0 Å². The zero-order valence-electron chi connectivity index (χ0n) is 22.3. The van der Waals surface area contributed by atoms with Crippen molar-refractivity contribution in [2.75, 3.05) is 31.2 Å². The topological polar surface area (TPSA) is 97.0 Å². The number of methoxy groups -OCH3 is 1. The Kier molecular flexibility index (Phi) is 11.9. The van der Waals surface area contributed by atoms with Gasteiger partial charge in [0.15, 0.2) is 11.5 Å². The second kappa shape index (κ2) is 15.1. The van der Waals surface area contributed by atoms with Crippen molar-refractivity contribution in [1.29, 1.82) is 0 Å². The average molecular weight is 609 g/mol. The first-order valence-electron chi connectivity index (χ1n) is 13.1. The minimum Gasteiger partial charge on any atom is -0.493 e. The quantitative estimate of drug-likeness (QED) is 0.198. The van der Waals surface area contributed by atoms with Crippen LogP contribution in [-0.4, -0.2) is 41.1 Å². The Bertz CT molecular complexity index is 1340. The molecule has 3 aromatic rings. The van der Waals surface area contributed by atoms with Gasteiger partial charge >= 0.3 is 0 Å². The van der Waals surface area contributed by atoms with Gasteiger partial charge in [-0.05, 0) is 86.8 Å². The van der Waals surface area contributed by atoms with E-state index in [1.165, 1.54) is 62.8 Å². The summed E-state index contributed by atoms with van der Waals surface area (Å²) in [4.78, 5) is 18.5. The highest BCUT2D eigenvalue weighted by molar-refractivity contribution is 7.92. The molecular weight excluding hydrogens is 573 g/mol. The summed E-state index contributed by atoms with van der Waals surface area (Å²) in [6.45, 7) is 2.78. The van der Waals surface area contributed by atoms with Crippen LogP contribution in [0.15, 0.2) is 77.7 Å². The average Bonchev–Trinajstić information content (AvgIpc) is 2.97. The first-order chi connectivity index (χ1) is 18.9. The minimum atomic E-state index is -4.18. The fraction of sp³-hybridized carbons (Fsp3) is 0.345. The minimum absolute atomic E-state index is 0. The SMILES string of the molecule is COc1cc(Cl)ccc1ON(c1ccccc1)S(=O)(=O)c1ccc(C(=O)NCCCCC2CCNCC2)cc1.Cl. The van der Waals surface area contributed by atoms with Crippen LogP contribution in [0.5, 0.6) is 11.5 Å². The largest absolute Gasteiger partial charge is 0.493 e. The normalized spacial score (nSPS) is 13.7. The molecule has 0 atom stereocenters. The van der Waals surface area contributed by atoms with E-state index in [0.717, 1.165) is 36.3 Å². The summed E-state index contributed by atoms with van der Waals surface area (Å²) >= 11 is 6.05. The van der Waals surface area contributed by atoms with Gasteiger partial charge in [0.25, 0.3) is 15.9 Å². The molecular formula is C29H35Cl2N3O5S. The number of rotatable bonds is 12. The van der Waals surface area contributed by atoms with Crippen molar-refractivity contribution in [2.24, 2.45) is 5.92 Å². The number of piperidine rings is 1. The lowest BCUT2D eigenvalue weighted by Crippen LogP contribution is -2.34. The summed E-state index contributed by atoms with van der Waals surface area (Å²) in [5.74, 6) is 0.992. The van der Waals surface area contributed by atoms with E-state index in [9.17, 15) is 13.2 Å². The summed E-state index contributed by atoms with van der Waals surface area (Å²) in [6.07, 6.45) is 5.63. The van der Waals surface area contributed by atoms with Crippen molar-refractivity contribution in [3.05, 3.63) is 83.4 Å². The van der Waals surface area contributed by atoms with E-state index < -0.39 is 10.0 Å². The molecule has 1 amide bonds. The Balaban J connectivity index is 0.00000441. The molecule has 0 unspecified atom stereocenters. The third-order valence-corrected chi connectivity index (χ3v) is 8.51. The Hall–Kier alpha value is -2.98. The molecule has 1 aliphatic rings. The number of carbonyl (C=O) groups is 1. The predicted molar refractivity (Wildman–Crippen MR) is 160 cm³/mol. The number of nitrogens with one attached hydrogen (secondary N) is 2. The number of sulfonamides is 1. The third kappa shape index (κ3) is 8.27. The van der Waals surface area contributed by atoms with Crippen molar-refractivity contribution in [2.45, 2.75) is 37.0 Å². The van der Waals surface area contributed by atoms with E-state index in [2.05, 4.69) is 10.6 Å². The molecule has 0 saturated carbocycles. The maximum atomic E-state index is 13.7. The smallest absolute Gasteiger partial charge is 0.295 e. The molecule has 1 heterocycles. The molecule has 3 aromatic carbocycles. The van der Waals surface area contributed by atoms with Crippen LogP contribution in [0.2, 0.25) is 5.02 Å². The van der Waals surface area contributed by atoms with E-state index in [4.69, 9.17) is 21.2 Å². The van der Waals surface area contributed by atoms with Crippen molar-refractivity contribution < 1.29 is 22.8 Å². The van der Waals surface area contributed by atoms with E-state index >= 15 is 0 Å². The Morgan fingerprint density at radius 3 is 2.38 bits per heavy atom. The van der Waals surface area contributed by atoms with Crippen LogP contribution in [-0.2, 0) is 10.0 Å². The number of hydrogen-bond donors (Lipinski definition) is 2. The van der Waals surface area contributed by atoms with Crippen molar-refractivity contribution in [3.8, 4) is 11.5 Å². The standard InChI is InChI=1S/C29H34ClN3O5S.ClH/c1-37-28-21-24(30)12-15-27(28)38-33(25-8-3-2-4-9-25)39(35,36)26-13-10-23(11-14-26)29(34)32-18-6-5-7-22-16-19-31-20-17-22;/h2-4,8-15,21-22,31H,5-7,16-20H2,1H3,(H,32,34);1H.